The van der Waals surface area contributed by atoms with Gasteiger partial charge in [0, 0.05) is 12.1 Å². The summed E-state index contributed by atoms with van der Waals surface area (Å²) < 4.78 is 0. The number of hydrogen-bond donors (Lipinski definition) is 2. The lowest BCUT2D eigenvalue weighted by Gasteiger charge is -2.44. The van der Waals surface area contributed by atoms with Crippen molar-refractivity contribution in [2.45, 2.75) is 90.8 Å². The van der Waals surface area contributed by atoms with Gasteiger partial charge in [-0.15, -0.1) is 0 Å². The van der Waals surface area contributed by atoms with Gasteiger partial charge in [0.1, 0.15) is 0 Å². The molecule has 4 atom stereocenters. The minimum absolute atomic E-state index is 0.0777. The van der Waals surface area contributed by atoms with Gasteiger partial charge in [0.05, 0.1) is 6.04 Å². The lowest BCUT2D eigenvalue weighted by atomic mass is 9.68. The van der Waals surface area contributed by atoms with Gasteiger partial charge < -0.3 is 10.6 Å². The Morgan fingerprint density at radius 1 is 1.14 bits per heavy atom. The first-order valence-electron chi connectivity index (χ1n) is 8.89. The molecule has 3 saturated carbocycles. The van der Waals surface area contributed by atoms with Crippen molar-refractivity contribution in [3.63, 3.8) is 0 Å². The van der Waals surface area contributed by atoms with Crippen molar-refractivity contribution < 1.29 is 4.79 Å². The van der Waals surface area contributed by atoms with Crippen LogP contribution in [0.4, 0.5) is 0 Å². The fourth-order valence-electron chi connectivity index (χ4n) is 5.44. The van der Waals surface area contributed by atoms with Gasteiger partial charge >= 0.3 is 0 Å². The Labute approximate surface area is 129 Å². The molecule has 0 heterocycles. The number of nitrogens with one attached hydrogen (secondary N) is 2. The van der Waals surface area contributed by atoms with E-state index >= 15 is 0 Å². The van der Waals surface area contributed by atoms with E-state index in [2.05, 4.69) is 31.4 Å². The molecular weight excluding hydrogens is 260 g/mol. The quantitative estimate of drug-likeness (QED) is 0.835. The van der Waals surface area contributed by atoms with E-state index in [-0.39, 0.29) is 11.9 Å². The van der Waals surface area contributed by atoms with E-state index in [1.807, 2.05) is 6.92 Å². The first-order valence-corrected chi connectivity index (χ1v) is 8.89. The molecule has 0 aromatic heterocycles. The van der Waals surface area contributed by atoms with Gasteiger partial charge in [0.2, 0.25) is 5.91 Å². The summed E-state index contributed by atoms with van der Waals surface area (Å²) in [6.07, 6.45) is 8.86. The van der Waals surface area contributed by atoms with Gasteiger partial charge in [-0.2, -0.15) is 0 Å². The third-order valence-corrected chi connectivity index (χ3v) is 6.78. The van der Waals surface area contributed by atoms with Crippen LogP contribution in [0, 0.1) is 16.7 Å². The highest BCUT2D eigenvalue weighted by molar-refractivity contribution is 5.81. The van der Waals surface area contributed by atoms with Gasteiger partial charge in [0.15, 0.2) is 0 Å². The molecule has 0 spiro atoms. The van der Waals surface area contributed by atoms with Gasteiger partial charge in [-0.1, -0.05) is 33.6 Å². The number of rotatable bonds is 4. The second-order valence-electron chi connectivity index (χ2n) is 8.73. The molecule has 0 radical (unpaired) electrons. The first kappa shape index (κ1) is 15.3. The standard InChI is InChI=1S/C18H32N2O/c1-12(15(21)20-14-7-5-6-8-14)19-16-17(2,3)13-9-10-18(16,4)11-13/h12-14,16,19H,5-11H2,1-4H3,(H,20,21). The molecule has 2 bridgehead atoms. The summed E-state index contributed by atoms with van der Waals surface area (Å²) in [5.74, 6) is 1.02. The topological polar surface area (TPSA) is 41.1 Å². The van der Waals surface area contributed by atoms with E-state index in [1.165, 1.54) is 32.1 Å². The third-order valence-electron chi connectivity index (χ3n) is 6.78. The number of carbonyl (C=O) groups excluding carboxylic acids is 1. The summed E-state index contributed by atoms with van der Waals surface area (Å²) in [4.78, 5) is 12.4. The maximum absolute atomic E-state index is 12.4. The van der Waals surface area contributed by atoms with Gasteiger partial charge in [-0.3, -0.25) is 4.79 Å². The maximum Gasteiger partial charge on any atom is 0.237 e. The van der Waals surface area contributed by atoms with Crippen LogP contribution in [0.1, 0.15) is 72.6 Å². The van der Waals surface area contributed by atoms with Crippen LogP contribution in [0.3, 0.4) is 0 Å². The molecule has 3 rings (SSSR count). The van der Waals surface area contributed by atoms with Crippen molar-refractivity contribution in [3.05, 3.63) is 0 Å². The molecule has 0 saturated heterocycles. The molecule has 3 nitrogen and oxygen atoms in total. The molecule has 3 aliphatic rings. The molecule has 3 heteroatoms. The van der Waals surface area contributed by atoms with Crippen molar-refractivity contribution >= 4 is 5.91 Å². The summed E-state index contributed by atoms with van der Waals surface area (Å²) in [5, 5.41) is 6.94. The SMILES string of the molecule is CC(NC1C2(C)CCC(C2)C1(C)C)C(=O)NC1CCCC1. The average Bonchev–Trinajstić information content (AvgIpc) is 3.08. The van der Waals surface area contributed by atoms with E-state index in [0.717, 1.165) is 18.8 Å². The number of carbonyl (C=O) groups is 1. The van der Waals surface area contributed by atoms with Crippen molar-refractivity contribution in [1.82, 2.24) is 10.6 Å². The molecule has 3 fully saturated rings. The van der Waals surface area contributed by atoms with E-state index in [1.54, 1.807) is 0 Å². The average molecular weight is 292 g/mol. The Balaban J connectivity index is 1.61. The molecule has 21 heavy (non-hydrogen) atoms. The van der Waals surface area contributed by atoms with E-state index in [9.17, 15) is 4.79 Å². The molecule has 1 amide bonds. The van der Waals surface area contributed by atoms with Crippen LogP contribution in [0.15, 0.2) is 0 Å². The van der Waals surface area contributed by atoms with E-state index < -0.39 is 0 Å². The third kappa shape index (κ3) is 2.62. The lowest BCUT2D eigenvalue weighted by Crippen LogP contribution is -2.57. The normalized spacial score (nSPS) is 39.6. The minimum atomic E-state index is -0.0777. The minimum Gasteiger partial charge on any atom is -0.352 e. The second kappa shape index (κ2) is 5.26. The molecule has 0 aliphatic heterocycles. The Bertz CT molecular complexity index is 409. The number of hydrogen-bond acceptors (Lipinski definition) is 2. The van der Waals surface area contributed by atoms with Crippen LogP contribution < -0.4 is 10.6 Å². The smallest absolute Gasteiger partial charge is 0.237 e. The van der Waals surface area contributed by atoms with E-state index in [4.69, 9.17) is 0 Å². The number of fused-ring (bicyclic) bond motifs is 2. The van der Waals surface area contributed by atoms with Crippen molar-refractivity contribution in [3.8, 4) is 0 Å². The van der Waals surface area contributed by atoms with Gasteiger partial charge in [-0.05, 0) is 55.8 Å². The lowest BCUT2D eigenvalue weighted by molar-refractivity contribution is -0.124. The van der Waals surface area contributed by atoms with Gasteiger partial charge in [0.25, 0.3) is 0 Å². The highest BCUT2D eigenvalue weighted by Gasteiger charge is 2.59. The molecule has 2 N–H and O–H groups in total. The second-order valence-corrected chi connectivity index (χ2v) is 8.73. The molecule has 3 aliphatic carbocycles. The predicted molar refractivity (Wildman–Crippen MR) is 86.0 cm³/mol. The van der Waals surface area contributed by atoms with Crippen LogP contribution in [0.25, 0.3) is 0 Å². The van der Waals surface area contributed by atoms with Crippen LogP contribution in [0.5, 0.6) is 0 Å². The Kier molecular flexibility index (Phi) is 3.84. The van der Waals surface area contributed by atoms with Crippen LogP contribution >= 0.6 is 0 Å². The number of amides is 1. The zero-order chi connectivity index (χ0) is 15.3. The Hall–Kier alpha value is -0.570. The molecule has 4 unspecified atom stereocenters. The monoisotopic (exact) mass is 292 g/mol. The Morgan fingerprint density at radius 3 is 2.38 bits per heavy atom. The van der Waals surface area contributed by atoms with Crippen molar-refractivity contribution in [2.75, 3.05) is 0 Å². The molecular formula is C18H32N2O. The molecule has 0 aromatic rings. The van der Waals surface area contributed by atoms with Gasteiger partial charge in [-0.25, -0.2) is 0 Å². The van der Waals surface area contributed by atoms with E-state index in [0.29, 0.717) is 22.9 Å². The highest BCUT2D eigenvalue weighted by atomic mass is 16.2. The zero-order valence-corrected chi connectivity index (χ0v) is 14.2. The summed E-state index contributed by atoms with van der Waals surface area (Å²) >= 11 is 0. The highest BCUT2D eigenvalue weighted by Crippen LogP contribution is 2.62. The molecule has 120 valence electrons. The van der Waals surface area contributed by atoms with Crippen LogP contribution in [0.2, 0.25) is 0 Å². The fraction of sp³-hybridized carbons (Fsp3) is 0.944. The fourth-order valence-corrected chi connectivity index (χ4v) is 5.44. The zero-order valence-electron chi connectivity index (χ0n) is 14.2. The largest absolute Gasteiger partial charge is 0.352 e. The molecule has 0 aromatic carbocycles. The summed E-state index contributed by atoms with van der Waals surface area (Å²) in [6.45, 7) is 9.24. The van der Waals surface area contributed by atoms with Crippen LogP contribution in [-0.2, 0) is 4.79 Å². The van der Waals surface area contributed by atoms with Crippen molar-refractivity contribution in [2.24, 2.45) is 16.7 Å². The van der Waals surface area contributed by atoms with Crippen LogP contribution in [-0.4, -0.2) is 24.0 Å². The maximum atomic E-state index is 12.4. The first-order chi connectivity index (χ1) is 9.83. The summed E-state index contributed by atoms with van der Waals surface area (Å²) in [5.41, 5.74) is 0.699. The Morgan fingerprint density at radius 2 is 1.81 bits per heavy atom. The predicted octanol–water partition coefficient (Wildman–Crippen LogP) is 3.24. The summed E-state index contributed by atoms with van der Waals surface area (Å²) in [7, 11) is 0. The summed E-state index contributed by atoms with van der Waals surface area (Å²) in [6, 6.07) is 0.810. The van der Waals surface area contributed by atoms with Crippen molar-refractivity contribution in [1.29, 1.82) is 0 Å².